The molecule has 3 aliphatic rings. The van der Waals surface area contributed by atoms with E-state index in [2.05, 4.69) is 20.2 Å². The molecule has 1 saturated carbocycles. The van der Waals surface area contributed by atoms with E-state index >= 15 is 0 Å². The van der Waals surface area contributed by atoms with Crippen LogP contribution < -0.4 is 5.32 Å². The van der Waals surface area contributed by atoms with Gasteiger partial charge in [0.25, 0.3) is 5.91 Å². The Labute approximate surface area is 191 Å². The molecule has 1 aliphatic carbocycles. The van der Waals surface area contributed by atoms with Gasteiger partial charge in [0.2, 0.25) is 11.8 Å². The normalized spacial score (nSPS) is 26.8. The van der Waals surface area contributed by atoms with Crippen LogP contribution in [0.5, 0.6) is 0 Å². The zero-order chi connectivity index (χ0) is 23.2. The first-order chi connectivity index (χ1) is 15.8. The van der Waals surface area contributed by atoms with Crippen molar-refractivity contribution < 1.29 is 18.4 Å². The molecule has 1 N–H and O–H groups in total. The van der Waals surface area contributed by atoms with Gasteiger partial charge >= 0.3 is 0 Å². The summed E-state index contributed by atoms with van der Waals surface area (Å²) in [5, 5.41) is 3.13. The van der Waals surface area contributed by atoms with Crippen LogP contribution in [0.15, 0.2) is 24.9 Å². The number of aromatic nitrogens is 3. The predicted molar refractivity (Wildman–Crippen MR) is 117 cm³/mol. The second-order valence-corrected chi connectivity index (χ2v) is 9.72. The first kappa shape index (κ1) is 22.2. The average molecular weight is 461 g/mol. The molecule has 2 amide bonds. The molecule has 3 fully saturated rings. The second-order valence-electron chi connectivity index (χ2n) is 9.72. The van der Waals surface area contributed by atoms with Crippen molar-refractivity contribution in [2.24, 2.45) is 11.8 Å². The van der Waals surface area contributed by atoms with Crippen LogP contribution in [0.3, 0.4) is 0 Å². The van der Waals surface area contributed by atoms with E-state index in [1.54, 1.807) is 34.2 Å². The molecule has 2 aromatic heterocycles. The van der Waals surface area contributed by atoms with Crippen molar-refractivity contribution in [2.45, 2.75) is 57.0 Å². The lowest BCUT2D eigenvalue weighted by atomic mass is 9.68. The van der Waals surface area contributed by atoms with E-state index in [4.69, 9.17) is 0 Å². The van der Waals surface area contributed by atoms with Gasteiger partial charge in [-0.15, -0.1) is 0 Å². The molecule has 0 radical (unpaired) electrons. The Hall–Kier alpha value is -2.62. The molecule has 178 valence electrons. The number of hydrogen-bond donors (Lipinski definition) is 1. The Morgan fingerprint density at radius 2 is 1.97 bits per heavy atom. The SMILES string of the molecule is C[C@H](C(=O)NC1CN(C(=O)c2nccn3cncc23)CC[C@H]1C1CC(F)(F)C1)N1CCCC1. The number of carbonyl (C=O) groups is 2. The quantitative estimate of drug-likeness (QED) is 0.740. The first-order valence-electron chi connectivity index (χ1n) is 11.8. The molecule has 5 rings (SSSR count). The Balaban J connectivity index is 1.33. The fourth-order valence-corrected chi connectivity index (χ4v) is 5.65. The fraction of sp³-hybridized carbons (Fsp3) is 0.652. The molecular weight excluding hydrogens is 430 g/mol. The number of nitrogens with one attached hydrogen (secondary N) is 1. The van der Waals surface area contributed by atoms with Crippen molar-refractivity contribution in [3.05, 3.63) is 30.6 Å². The number of fused-ring (bicyclic) bond motifs is 1. The van der Waals surface area contributed by atoms with Gasteiger partial charge in [-0.3, -0.25) is 14.5 Å². The van der Waals surface area contributed by atoms with Crippen molar-refractivity contribution in [2.75, 3.05) is 26.2 Å². The summed E-state index contributed by atoms with van der Waals surface area (Å²) in [6.07, 6.45) is 8.95. The summed E-state index contributed by atoms with van der Waals surface area (Å²) in [7, 11) is 0. The minimum atomic E-state index is -2.61. The number of nitrogens with zero attached hydrogens (tertiary/aromatic N) is 5. The maximum absolute atomic E-state index is 13.6. The lowest BCUT2D eigenvalue weighted by Gasteiger charge is -2.47. The van der Waals surface area contributed by atoms with Crippen LogP contribution in [0.2, 0.25) is 0 Å². The van der Waals surface area contributed by atoms with E-state index in [0.717, 1.165) is 25.9 Å². The molecule has 0 spiro atoms. The summed E-state index contributed by atoms with van der Waals surface area (Å²) in [5.74, 6) is -3.15. The van der Waals surface area contributed by atoms with E-state index < -0.39 is 5.92 Å². The van der Waals surface area contributed by atoms with E-state index in [1.165, 1.54) is 0 Å². The van der Waals surface area contributed by atoms with Crippen LogP contribution in [-0.2, 0) is 4.79 Å². The fourth-order valence-electron chi connectivity index (χ4n) is 5.65. The van der Waals surface area contributed by atoms with Gasteiger partial charge in [0.15, 0.2) is 5.69 Å². The minimum absolute atomic E-state index is 0.0675. The number of alkyl halides is 2. The number of amides is 2. The summed E-state index contributed by atoms with van der Waals surface area (Å²) in [4.78, 5) is 38.6. The van der Waals surface area contributed by atoms with Crippen LogP contribution >= 0.6 is 0 Å². The van der Waals surface area contributed by atoms with Crippen molar-refractivity contribution in [3.8, 4) is 0 Å². The zero-order valence-electron chi connectivity index (χ0n) is 18.8. The Morgan fingerprint density at radius 3 is 2.70 bits per heavy atom. The van der Waals surface area contributed by atoms with Crippen LogP contribution in [0.1, 0.15) is 49.5 Å². The van der Waals surface area contributed by atoms with Crippen molar-refractivity contribution in [3.63, 3.8) is 0 Å². The predicted octanol–water partition coefficient (Wildman–Crippen LogP) is 2.21. The van der Waals surface area contributed by atoms with Crippen molar-refractivity contribution >= 4 is 17.3 Å². The second kappa shape index (κ2) is 8.62. The highest BCUT2D eigenvalue weighted by Gasteiger charge is 2.51. The Morgan fingerprint density at radius 1 is 1.21 bits per heavy atom. The number of hydrogen-bond acceptors (Lipinski definition) is 5. The third-order valence-corrected chi connectivity index (χ3v) is 7.62. The lowest BCUT2D eigenvalue weighted by Crippen LogP contribution is -2.60. The molecule has 0 aromatic carbocycles. The number of piperidine rings is 1. The molecule has 2 saturated heterocycles. The molecule has 4 heterocycles. The maximum atomic E-state index is 13.6. The van der Waals surface area contributed by atoms with Gasteiger partial charge in [-0.25, -0.2) is 18.7 Å². The highest BCUT2D eigenvalue weighted by Crippen LogP contribution is 2.48. The molecule has 3 atom stereocenters. The standard InChI is InChI=1S/C23H30F2N6O2/c1-15(29-6-2-3-7-29)21(32)28-18-13-30(8-4-17(18)16-10-23(24,25)11-16)22(33)20-19-12-26-14-31(19)9-5-27-20/h5,9,12,14-18H,2-4,6-8,10-11,13H2,1H3,(H,28,32)/t15-,17+,18?/m1/s1. The number of carbonyl (C=O) groups excluding carboxylic acids is 2. The summed E-state index contributed by atoms with van der Waals surface area (Å²) in [5.41, 5.74) is 0.922. The van der Waals surface area contributed by atoms with Crippen LogP contribution in [0.25, 0.3) is 5.52 Å². The van der Waals surface area contributed by atoms with Gasteiger partial charge in [-0.05, 0) is 51.1 Å². The van der Waals surface area contributed by atoms with E-state index in [-0.39, 0.29) is 48.6 Å². The smallest absolute Gasteiger partial charge is 0.274 e. The highest BCUT2D eigenvalue weighted by molar-refractivity contribution is 5.98. The van der Waals surface area contributed by atoms with Gasteiger partial charge in [-0.2, -0.15) is 0 Å². The molecule has 8 nitrogen and oxygen atoms in total. The van der Waals surface area contributed by atoms with Crippen LogP contribution in [-0.4, -0.2) is 80.2 Å². The molecule has 10 heteroatoms. The van der Waals surface area contributed by atoms with Gasteiger partial charge in [0.05, 0.1) is 24.1 Å². The average Bonchev–Trinajstić information content (AvgIpc) is 3.48. The number of rotatable bonds is 5. The first-order valence-corrected chi connectivity index (χ1v) is 11.8. The molecular formula is C23H30F2N6O2. The maximum Gasteiger partial charge on any atom is 0.274 e. The van der Waals surface area contributed by atoms with Crippen molar-refractivity contribution in [1.29, 1.82) is 0 Å². The topological polar surface area (TPSA) is 82.8 Å². The molecule has 33 heavy (non-hydrogen) atoms. The lowest BCUT2D eigenvalue weighted by molar-refractivity contribution is -0.138. The monoisotopic (exact) mass is 460 g/mol. The summed E-state index contributed by atoms with van der Waals surface area (Å²) in [6, 6.07) is -0.629. The molecule has 2 aliphatic heterocycles. The van der Waals surface area contributed by atoms with E-state index in [0.29, 0.717) is 30.7 Å². The largest absolute Gasteiger partial charge is 0.350 e. The van der Waals surface area contributed by atoms with Crippen molar-refractivity contribution in [1.82, 2.24) is 29.5 Å². The van der Waals surface area contributed by atoms with Gasteiger partial charge in [0, 0.05) is 44.4 Å². The number of imidazole rings is 1. The van der Waals surface area contributed by atoms with Crippen LogP contribution in [0, 0.1) is 11.8 Å². The minimum Gasteiger partial charge on any atom is -0.350 e. The summed E-state index contributed by atoms with van der Waals surface area (Å²) in [6.45, 7) is 4.42. The summed E-state index contributed by atoms with van der Waals surface area (Å²) >= 11 is 0. The van der Waals surface area contributed by atoms with E-state index in [1.807, 2.05) is 6.92 Å². The van der Waals surface area contributed by atoms with E-state index in [9.17, 15) is 18.4 Å². The number of halogens is 2. The highest BCUT2D eigenvalue weighted by atomic mass is 19.3. The molecule has 2 aromatic rings. The van der Waals surface area contributed by atoms with Crippen LogP contribution in [0.4, 0.5) is 8.78 Å². The Kier molecular flexibility index (Phi) is 5.80. The zero-order valence-corrected chi connectivity index (χ0v) is 18.8. The third-order valence-electron chi connectivity index (χ3n) is 7.62. The molecule has 1 unspecified atom stereocenters. The third kappa shape index (κ3) is 4.32. The Bertz CT molecular complexity index is 1030. The van der Waals surface area contributed by atoms with Gasteiger partial charge in [-0.1, -0.05) is 0 Å². The number of likely N-dealkylation sites (tertiary alicyclic amines) is 2. The molecule has 0 bridgehead atoms. The van der Waals surface area contributed by atoms with Gasteiger partial charge in [0.1, 0.15) is 0 Å². The van der Waals surface area contributed by atoms with Gasteiger partial charge < -0.3 is 14.6 Å². The summed E-state index contributed by atoms with van der Waals surface area (Å²) < 4.78 is 29.0.